The lowest BCUT2D eigenvalue weighted by Crippen LogP contribution is -1.98. The van der Waals surface area contributed by atoms with Crippen molar-refractivity contribution >= 4 is 17.0 Å². The van der Waals surface area contributed by atoms with E-state index >= 15 is 0 Å². The molecule has 0 aromatic carbocycles. The Hall–Kier alpha value is -0.630. The summed E-state index contributed by atoms with van der Waals surface area (Å²) < 4.78 is 0. The number of rotatable bonds is 1. The Labute approximate surface area is 77.2 Å². The van der Waals surface area contributed by atoms with Gasteiger partial charge in [-0.2, -0.15) is 0 Å². The molecule has 0 N–H and O–H groups in total. The molecule has 2 heteroatoms. The second kappa shape index (κ2) is 3.40. The third-order valence-corrected chi connectivity index (χ3v) is 3.24. The molecule has 0 aliphatic carbocycles. The smallest absolute Gasteiger partial charge is 0.0428 e. The number of aliphatic imine (C=N–C) groups is 1. The van der Waals surface area contributed by atoms with Crippen LogP contribution in [-0.2, 0) is 6.42 Å². The van der Waals surface area contributed by atoms with Crippen LogP contribution >= 0.6 is 11.3 Å². The van der Waals surface area contributed by atoms with Crippen LogP contribution in [0.5, 0.6) is 0 Å². The summed E-state index contributed by atoms with van der Waals surface area (Å²) in [7, 11) is 0. The van der Waals surface area contributed by atoms with E-state index in [0.29, 0.717) is 0 Å². The zero-order valence-electron chi connectivity index (χ0n) is 7.34. The zero-order chi connectivity index (χ0) is 8.39. The van der Waals surface area contributed by atoms with Crippen molar-refractivity contribution in [2.24, 2.45) is 4.99 Å². The van der Waals surface area contributed by atoms with Gasteiger partial charge in [0.05, 0.1) is 0 Å². The SMILES string of the molecule is CCC1=NCCCc2sccc21. The summed E-state index contributed by atoms with van der Waals surface area (Å²) >= 11 is 1.88. The summed E-state index contributed by atoms with van der Waals surface area (Å²) in [6.45, 7) is 3.20. The number of fused-ring (bicyclic) bond motifs is 1. The Morgan fingerprint density at radius 2 is 2.50 bits per heavy atom. The first-order valence-corrected chi connectivity index (χ1v) is 5.40. The normalized spacial score (nSPS) is 16.6. The van der Waals surface area contributed by atoms with E-state index in [1.165, 1.54) is 29.0 Å². The summed E-state index contributed by atoms with van der Waals surface area (Å²) in [5.41, 5.74) is 2.73. The van der Waals surface area contributed by atoms with Crippen LogP contribution in [0.3, 0.4) is 0 Å². The van der Waals surface area contributed by atoms with Crippen molar-refractivity contribution in [3.63, 3.8) is 0 Å². The first-order chi connectivity index (χ1) is 5.92. The highest BCUT2D eigenvalue weighted by molar-refractivity contribution is 7.10. The lowest BCUT2D eigenvalue weighted by Gasteiger charge is -1.99. The molecule has 1 aliphatic rings. The van der Waals surface area contributed by atoms with Gasteiger partial charge in [-0.3, -0.25) is 4.99 Å². The quantitative estimate of drug-likeness (QED) is 0.628. The van der Waals surface area contributed by atoms with Gasteiger partial charge in [0.2, 0.25) is 0 Å². The Kier molecular flexibility index (Phi) is 2.26. The lowest BCUT2D eigenvalue weighted by molar-refractivity contribution is 0.853. The fraction of sp³-hybridized carbons (Fsp3) is 0.500. The van der Waals surface area contributed by atoms with Gasteiger partial charge in [0, 0.05) is 22.7 Å². The van der Waals surface area contributed by atoms with Crippen LogP contribution < -0.4 is 0 Å². The third kappa shape index (κ3) is 1.31. The van der Waals surface area contributed by atoms with Crippen LogP contribution in [0, 0.1) is 0 Å². The highest BCUT2D eigenvalue weighted by Crippen LogP contribution is 2.22. The molecule has 0 fully saturated rings. The Morgan fingerprint density at radius 1 is 1.58 bits per heavy atom. The summed E-state index contributed by atoms with van der Waals surface area (Å²) in [4.78, 5) is 6.11. The number of nitrogens with zero attached hydrogens (tertiary/aromatic N) is 1. The molecule has 0 spiro atoms. The summed E-state index contributed by atoms with van der Waals surface area (Å²) in [6.07, 6.45) is 3.51. The van der Waals surface area contributed by atoms with E-state index in [0.717, 1.165) is 13.0 Å². The van der Waals surface area contributed by atoms with Gasteiger partial charge in [0.1, 0.15) is 0 Å². The molecule has 2 heterocycles. The molecular formula is C10H13NS. The third-order valence-electron chi connectivity index (χ3n) is 2.26. The summed E-state index contributed by atoms with van der Waals surface area (Å²) in [6, 6.07) is 2.22. The standard InChI is InChI=1S/C10H13NS/c1-2-9-8-5-7-12-10(8)4-3-6-11-9/h5,7H,2-4,6H2,1H3. The first-order valence-electron chi connectivity index (χ1n) is 4.52. The lowest BCUT2D eigenvalue weighted by atomic mass is 10.1. The molecule has 12 heavy (non-hydrogen) atoms. The zero-order valence-corrected chi connectivity index (χ0v) is 8.16. The predicted molar refractivity (Wildman–Crippen MR) is 54.3 cm³/mol. The van der Waals surface area contributed by atoms with Crippen molar-refractivity contribution in [3.05, 3.63) is 21.9 Å². The molecule has 0 saturated carbocycles. The molecule has 0 radical (unpaired) electrons. The van der Waals surface area contributed by atoms with E-state index in [4.69, 9.17) is 0 Å². The van der Waals surface area contributed by atoms with Crippen LogP contribution in [0.2, 0.25) is 0 Å². The maximum Gasteiger partial charge on any atom is 0.0428 e. The van der Waals surface area contributed by atoms with Gasteiger partial charge in [0.15, 0.2) is 0 Å². The van der Waals surface area contributed by atoms with Gasteiger partial charge in [-0.05, 0) is 30.7 Å². The van der Waals surface area contributed by atoms with Crippen molar-refractivity contribution in [2.75, 3.05) is 6.54 Å². The maximum absolute atomic E-state index is 4.58. The topological polar surface area (TPSA) is 12.4 Å². The van der Waals surface area contributed by atoms with Crippen molar-refractivity contribution < 1.29 is 0 Å². The monoisotopic (exact) mass is 179 g/mol. The van der Waals surface area contributed by atoms with Gasteiger partial charge in [-0.15, -0.1) is 11.3 Å². The average molecular weight is 179 g/mol. The Balaban J connectivity index is 2.42. The highest BCUT2D eigenvalue weighted by Gasteiger charge is 2.11. The number of hydrogen-bond acceptors (Lipinski definition) is 2. The van der Waals surface area contributed by atoms with E-state index in [1.54, 1.807) is 0 Å². The van der Waals surface area contributed by atoms with Gasteiger partial charge in [-0.1, -0.05) is 6.92 Å². The number of thiophene rings is 1. The summed E-state index contributed by atoms with van der Waals surface area (Å²) in [5.74, 6) is 0. The van der Waals surface area contributed by atoms with Crippen LogP contribution in [0.25, 0.3) is 0 Å². The first kappa shape index (κ1) is 7.99. The minimum absolute atomic E-state index is 1.02. The van der Waals surface area contributed by atoms with Gasteiger partial charge < -0.3 is 0 Å². The van der Waals surface area contributed by atoms with Gasteiger partial charge >= 0.3 is 0 Å². The van der Waals surface area contributed by atoms with Crippen molar-refractivity contribution in [1.29, 1.82) is 0 Å². The van der Waals surface area contributed by atoms with E-state index in [2.05, 4.69) is 23.4 Å². The van der Waals surface area contributed by atoms with Crippen LogP contribution in [0.1, 0.15) is 30.2 Å². The van der Waals surface area contributed by atoms with E-state index in [1.807, 2.05) is 11.3 Å². The Bertz CT molecular complexity index is 299. The van der Waals surface area contributed by atoms with Crippen molar-refractivity contribution in [3.8, 4) is 0 Å². The van der Waals surface area contributed by atoms with Crippen molar-refractivity contribution in [2.45, 2.75) is 26.2 Å². The minimum Gasteiger partial charge on any atom is -0.289 e. The predicted octanol–water partition coefficient (Wildman–Crippen LogP) is 2.89. The molecule has 1 aromatic rings. The second-order valence-electron chi connectivity index (χ2n) is 3.04. The van der Waals surface area contributed by atoms with Crippen LogP contribution in [0.15, 0.2) is 16.4 Å². The fourth-order valence-electron chi connectivity index (χ4n) is 1.63. The van der Waals surface area contributed by atoms with E-state index in [-0.39, 0.29) is 0 Å². The molecule has 1 aliphatic heterocycles. The minimum atomic E-state index is 1.02. The highest BCUT2D eigenvalue weighted by atomic mass is 32.1. The second-order valence-corrected chi connectivity index (χ2v) is 4.04. The molecule has 64 valence electrons. The van der Waals surface area contributed by atoms with E-state index in [9.17, 15) is 0 Å². The van der Waals surface area contributed by atoms with Crippen LogP contribution in [0.4, 0.5) is 0 Å². The Morgan fingerprint density at radius 3 is 3.33 bits per heavy atom. The molecule has 1 aromatic heterocycles. The van der Waals surface area contributed by atoms with E-state index < -0.39 is 0 Å². The van der Waals surface area contributed by atoms with Gasteiger partial charge in [0.25, 0.3) is 0 Å². The molecule has 0 bridgehead atoms. The van der Waals surface area contributed by atoms with Crippen molar-refractivity contribution in [1.82, 2.24) is 0 Å². The molecular weight excluding hydrogens is 166 g/mol. The largest absolute Gasteiger partial charge is 0.289 e. The fourth-order valence-corrected chi connectivity index (χ4v) is 2.58. The molecule has 0 atom stereocenters. The average Bonchev–Trinajstić information content (AvgIpc) is 2.46. The summed E-state index contributed by atoms with van der Waals surface area (Å²) in [5, 5.41) is 2.18. The molecule has 0 saturated heterocycles. The maximum atomic E-state index is 4.58. The molecule has 0 unspecified atom stereocenters. The molecule has 2 rings (SSSR count). The number of aryl methyl sites for hydroxylation is 1. The van der Waals surface area contributed by atoms with Gasteiger partial charge in [-0.25, -0.2) is 0 Å². The molecule has 1 nitrogen and oxygen atoms in total. The molecule has 0 amide bonds. The number of hydrogen-bond donors (Lipinski definition) is 0. The van der Waals surface area contributed by atoms with Crippen LogP contribution in [-0.4, -0.2) is 12.3 Å².